The van der Waals surface area contributed by atoms with Gasteiger partial charge in [0, 0.05) is 48.2 Å². The largest absolute Gasteiger partial charge is 0.467 e. The van der Waals surface area contributed by atoms with E-state index in [-0.39, 0.29) is 31.3 Å². The molecule has 0 bridgehead atoms. The van der Waals surface area contributed by atoms with Crippen molar-refractivity contribution < 1.29 is 33.7 Å². The van der Waals surface area contributed by atoms with Crippen molar-refractivity contribution >= 4 is 35.4 Å². The van der Waals surface area contributed by atoms with Crippen LogP contribution in [-0.4, -0.2) is 48.0 Å². The fourth-order valence-corrected chi connectivity index (χ4v) is 7.24. The molecular formula is C44H45N3O7S. The van der Waals surface area contributed by atoms with E-state index in [9.17, 15) is 19.5 Å². The van der Waals surface area contributed by atoms with Gasteiger partial charge >= 0.3 is 12.0 Å². The first kappa shape index (κ1) is 39.2. The van der Waals surface area contributed by atoms with Gasteiger partial charge in [-0.25, -0.2) is 9.59 Å². The highest BCUT2D eigenvalue weighted by atomic mass is 32.2. The number of thioether (sulfide) groups is 1. The molecular weight excluding hydrogens is 715 g/mol. The second-order valence-corrected chi connectivity index (χ2v) is 14.4. The molecule has 1 aliphatic rings. The quantitative estimate of drug-likeness (QED) is 0.0668. The van der Waals surface area contributed by atoms with Crippen LogP contribution < -0.4 is 16.0 Å². The number of aliphatic hydroxyl groups excluding tert-OH is 1. The minimum atomic E-state index is -0.819. The van der Waals surface area contributed by atoms with E-state index >= 15 is 0 Å². The Labute approximate surface area is 325 Å². The summed E-state index contributed by atoms with van der Waals surface area (Å²) < 4.78 is 18.0. The minimum absolute atomic E-state index is 0.0225. The molecule has 4 N–H and O–H groups in total. The molecule has 284 valence electrons. The fourth-order valence-electron chi connectivity index (χ4n) is 6.32. The number of esters is 1. The Morgan fingerprint density at radius 2 is 1.51 bits per heavy atom. The molecule has 0 aromatic heterocycles. The van der Waals surface area contributed by atoms with Crippen molar-refractivity contribution in [2.75, 3.05) is 18.2 Å². The number of nitrogens with one attached hydrogen (secondary N) is 3. The predicted molar refractivity (Wildman–Crippen MR) is 213 cm³/mol. The van der Waals surface area contributed by atoms with Crippen LogP contribution in [0.25, 0.3) is 11.1 Å². The average Bonchev–Trinajstić information content (AvgIpc) is 3.22. The summed E-state index contributed by atoms with van der Waals surface area (Å²) in [5, 5.41) is 18.0. The van der Waals surface area contributed by atoms with E-state index < -0.39 is 24.3 Å². The molecule has 11 heteroatoms. The molecule has 10 nitrogen and oxygen atoms in total. The van der Waals surface area contributed by atoms with Crippen molar-refractivity contribution in [3.8, 4) is 11.1 Å². The van der Waals surface area contributed by atoms with E-state index in [1.807, 2.05) is 127 Å². The molecule has 4 atom stereocenters. The monoisotopic (exact) mass is 759 g/mol. The lowest BCUT2D eigenvalue weighted by Gasteiger charge is -2.36. The first-order chi connectivity index (χ1) is 26.8. The zero-order valence-corrected chi connectivity index (χ0v) is 31.6. The van der Waals surface area contributed by atoms with Gasteiger partial charge in [0.1, 0.15) is 6.04 Å². The second kappa shape index (κ2) is 19.2. The summed E-state index contributed by atoms with van der Waals surface area (Å²) in [5.41, 5.74) is 7.28. The minimum Gasteiger partial charge on any atom is -0.467 e. The lowest BCUT2D eigenvalue weighted by molar-refractivity contribution is -0.245. The molecule has 1 fully saturated rings. The van der Waals surface area contributed by atoms with Gasteiger partial charge in [-0.05, 0) is 63.7 Å². The molecule has 5 aromatic rings. The first-order valence-electron chi connectivity index (χ1n) is 18.1. The molecule has 0 spiro atoms. The van der Waals surface area contributed by atoms with Crippen LogP contribution >= 0.6 is 11.8 Å². The average molecular weight is 760 g/mol. The van der Waals surface area contributed by atoms with Crippen LogP contribution in [0, 0.1) is 0 Å². The van der Waals surface area contributed by atoms with Crippen LogP contribution in [0.3, 0.4) is 0 Å². The Balaban J connectivity index is 1.10. The van der Waals surface area contributed by atoms with Gasteiger partial charge in [-0.3, -0.25) is 4.79 Å². The molecule has 6 rings (SSSR count). The number of amides is 3. The Kier molecular flexibility index (Phi) is 13.7. The summed E-state index contributed by atoms with van der Waals surface area (Å²) >= 11 is 1.69. The smallest absolute Gasteiger partial charge is 0.328 e. The molecule has 0 aliphatic carbocycles. The van der Waals surface area contributed by atoms with Gasteiger partial charge in [0.2, 0.25) is 5.91 Å². The van der Waals surface area contributed by atoms with Crippen molar-refractivity contribution in [3.63, 3.8) is 0 Å². The Morgan fingerprint density at radius 1 is 0.800 bits per heavy atom. The predicted octanol–water partition coefficient (Wildman–Crippen LogP) is 7.73. The molecule has 0 radical (unpaired) electrons. The van der Waals surface area contributed by atoms with Crippen molar-refractivity contribution in [1.29, 1.82) is 0 Å². The molecule has 1 aliphatic heterocycles. The highest BCUT2D eigenvalue weighted by Crippen LogP contribution is 2.40. The Morgan fingerprint density at radius 3 is 2.20 bits per heavy atom. The number of carbonyl (C=O) groups is 3. The van der Waals surface area contributed by atoms with Gasteiger partial charge in [0.15, 0.2) is 6.29 Å². The summed E-state index contributed by atoms with van der Waals surface area (Å²) in [4.78, 5) is 37.7. The van der Waals surface area contributed by atoms with Gasteiger partial charge < -0.3 is 35.3 Å². The van der Waals surface area contributed by atoms with Crippen LogP contribution in [-0.2, 0) is 43.4 Å². The lowest BCUT2D eigenvalue weighted by atomic mass is 9.99. The molecule has 0 unspecified atom stereocenters. The van der Waals surface area contributed by atoms with Crippen LogP contribution in [0.5, 0.6) is 0 Å². The number of urea groups is 1. The third-order valence-electron chi connectivity index (χ3n) is 9.20. The van der Waals surface area contributed by atoms with Crippen LogP contribution in [0.4, 0.5) is 10.5 Å². The van der Waals surface area contributed by atoms with Crippen molar-refractivity contribution in [3.05, 3.63) is 155 Å². The highest BCUT2D eigenvalue weighted by molar-refractivity contribution is 7.99. The number of ether oxygens (including phenoxy) is 3. The first-order valence-corrected chi connectivity index (χ1v) is 19.1. The number of methoxy groups -OCH3 is 1. The van der Waals surface area contributed by atoms with Gasteiger partial charge in [-0.15, -0.1) is 11.8 Å². The summed E-state index contributed by atoms with van der Waals surface area (Å²) in [7, 11) is 1.31. The summed E-state index contributed by atoms with van der Waals surface area (Å²) in [6.45, 7) is 1.73. The number of carbonyl (C=O) groups excluding carboxylic acids is 3. The molecule has 0 saturated carbocycles. The molecule has 3 amide bonds. The zero-order valence-electron chi connectivity index (χ0n) is 30.8. The van der Waals surface area contributed by atoms with Gasteiger partial charge in [-0.1, -0.05) is 97.1 Å². The van der Waals surface area contributed by atoms with Gasteiger partial charge in [0.25, 0.3) is 0 Å². The van der Waals surface area contributed by atoms with Crippen LogP contribution in [0.2, 0.25) is 0 Å². The maximum atomic E-state index is 12.8. The molecule has 5 aromatic carbocycles. The SMILES string of the molecule is COC(=O)[C@H](Cc1ccccc1)NC(=O)NCc1cccc(-c2ccc([C@H]3O[C@@H](CSc4ccc(NC(C)=O)cc4)C[C@@H](c4ccc(CO)cc4)O3)cc2)c1. The van der Waals surface area contributed by atoms with Gasteiger partial charge in [0.05, 0.1) is 25.9 Å². The molecule has 55 heavy (non-hydrogen) atoms. The number of rotatable bonds is 14. The van der Waals surface area contributed by atoms with Crippen LogP contribution in [0.15, 0.2) is 132 Å². The third kappa shape index (κ3) is 11.3. The van der Waals surface area contributed by atoms with Crippen molar-refractivity contribution in [2.45, 2.75) is 62.4 Å². The van der Waals surface area contributed by atoms with Gasteiger partial charge in [-0.2, -0.15) is 0 Å². The lowest BCUT2D eigenvalue weighted by Crippen LogP contribution is -2.47. The maximum Gasteiger partial charge on any atom is 0.328 e. The molecule has 1 heterocycles. The topological polar surface area (TPSA) is 135 Å². The summed E-state index contributed by atoms with van der Waals surface area (Å²) in [6.07, 6.45) is 0.0739. The van der Waals surface area contributed by atoms with E-state index in [0.717, 1.165) is 49.5 Å². The Hall–Kier alpha value is -5.46. The van der Waals surface area contributed by atoms with E-state index in [0.29, 0.717) is 18.6 Å². The van der Waals surface area contributed by atoms with Crippen LogP contribution in [0.1, 0.15) is 53.6 Å². The maximum absolute atomic E-state index is 12.8. The van der Waals surface area contributed by atoms with E-state index in [1.165, 1.54) is 14.0 Å². The highest BCUT2D eigenvalue weighted by Gasteiger charge is 2.32. The summed E-state index contributed by atoms with van der Waals surface area (Å²) in [5.74, 6) is 0.0855. The van der Waals surface area contributed by atoms with Crippen molar-refractivity contribution in [2.24, 2.45) is 0 Å². The number of hydrogen-bond donors (Lipinski definition) is 4. The number of aliphatic hydroxyl groups is 1. The van der Waals surface area contributed by atoms with E-state index in [1.54, 1.807) is 11.8 Å². The zero-order chi connectivity index (χ0) is 38.6. The molecule has 1 saturated heterocycles. The number of anilines is 1. The van der Waals surface area contributed by atoms with E-state index in [2.05, 4.69) is 16.0 Å². The summed E-state index contributed by atoms with van der Waals surface area (Å²) in [6, 6.07) is 39.8. The number of benzene rings is 5. The number of hydrogen-bond acceptors (Lipinski definition) is 8. The fraction of sp³-hybridized carbons (Fsp3) is 0.250. The second-order valence-electron chi connectivity index (χ2n) is 13.3. The van der Waals surface area contributed by atoms with E-state index in [4.69, 9.17) is 14.2 Å². The normalized spacial score (nSPS) is 17.1. The third-order valence-corrected chi connectivity index (χ3v) is 10.3. The Bertz CT molecular complexity index is 2030. The van der Waals surface area contributed by atoms with Crippen molar-refractivity contribution in [1.82, 2.24) is 10.6 Å². The standard InChI is InChI=1S/C44H45N3O7S/c1-29(49)46-37-19-21-39(22-20-37)55-28-38-25-41(34-13-11-31(27-48)12-14-34)54-43(53-38)35-17-15-33(16-18-35)36-10-6-9-32(23-36)26-45-44(51)47-40(42(50)52-2)24-30-7-4-3-5-8-30/h3-23,38,40-41,43,48H,24-28H2,1-2H3,(H,46,49)(H2,45,47,51)/t38-,40+,41+,43+/m1/s1.